The summed E-state index contributed by atoms with van der Waals surface area (Å²) in [7, 11) is 0. The van der Waals surface area contributed by atoms with Crippen LogP contribution in [0.5, 0.6) is 5.75 Å². The van der Waals surface area contributed by atoms with E-state index in [0.29, 0.717) is 11.4 Å². The van der Waals surface area contributed by atoms with Crippen molar-refractivity contribution in [1.82, 2.24) is 9.97 Å². The number of ether oxygens (including phenoxy) is 1. The molecule has 0 unspecified atom stereocenters. The van der Waals surface area contributed by atoms with Gasteiger partial charge < -0.3 is 4.74 Å². The van der Waals surface area contributed by atoms with E-state index in [2.05, 4.69) is 33.5 Å². The normalized spacial score (nSPS) is 10.8. The van der Waals surface area contributed by atoms with Crippen LogP contribution in [0.15, 0.2) is 36.7 Å². The maximum absolute atomic E-state index is 12.1. The van der Waals surface area contributed by atoms with Gasteiger partial charge >= 0.3 is 6.36 Å². The van der Waals surface area contributed by atoms with Crippen LogP contribution in [0.2, 0.25) is 0 Å². The first kappa shape index (κ1) is 17.8. The number of nitrogens with zero attached hydrogens (tertiary/aromatic N) is 2. The number of benzene rings is 1. The minimum absolute atomic E-state index is 0.277. The summed E-state index contributed by atoms with van der Waals surface area (Å²) < 4.78 is 40.0. The summed E-state index contributed by atoms with van der Waals surface area (Å²) >= 11 is 0. The third-order valence-electron chi connectivity index (χ3n) is 3.18. The summed E-state index contributed by atoms with van der Waals surface area (Å²) in [6.07, 6.45) is 3.21. The molecule has 0 radical (unpaired) electrons. The van der Waals surface area contributed by atoms with E-state index in [1.807, 2.05) is 0 Å². The Morgan fingerprint density at radius 1 is 1.00 bits per heavy atom. The van der Waals surface area contributed by atoms with Crippen LogP contribution in [0.25, 0.3) is 0 Å². The van der Waals surface area contributed by atoms with Gasteiger partial charge in [-0.05, 0) is 48.6 Å². The molecule has 0 bridgehead atoms. The van der Waals surface area contributed by atoms with Crippen molar-refractivity contribution in [3.8, 4) is 17.6 Å². The van der Waals surface area contributed by atoms with Gasteiger partial charge in [-0.3, -0.25) is 0 Å². The largest absolute Gasteiger partial charge is 0.573 e. The van der Waals surface area contributed by atoms with Crippen molar-refractivity contribution in [3.63, 3.8) is 0 Å². The molecule has 0 N–H and O–H groups in total. The first-order valence-corrected chi connectivity index (χ1v) is 7.65. The van der Waals surface area contributed by atoms with E-state index in [1.165, 1.54) is 30.7 Å². The second-order valence-corrected chi connectivity index (χ2v) is 5.19. The Morgan fingerprint density at radius 3 is 2.25 bits per heavy atom. The molecule has 0 aliphatic heterocycles. The van der Waals surface area contributed by atoms with Gasteiger partial charge in [0.25, 0.3) is 0 Å². The van der Waals surface area contributed by atoms with Crippen molar-refractivity contribution < 1.29 is 17.9 Å². The van der Waals surface area contributed by atoms with E-state index in [1.54, 1.807) is 12.4 Å². The van der Waals surface area contributed by atoms with Crippen LogP contribution in [-0.4, -0.2) is 16.3 Å². The van der Waals surface area contributed by atoms with Crippen molar-refractivity contribution >= 4 is 0 Å². The number of alkyl halides is 3. The molecule has 1 aromatic heterocycles. The summed E-state index contributed by atoms with van der Waals surface area (Å²) in [5.74, 6) is 5.70. The van der Waals surface area contributed by atoms with E-state index in [9.17, 15) is 13.2 Å². The predicted molar refractivity (Wildman–Crippen MR) is 84.4 cm³/mol. The highest BCUT2D eigenvalue weighted by Crippen LogP contribution is 2.22. The van der Waals surface area contributed by atoms with Gasteiger partial charge in [0.15, 0.2) is 0 Å². The second-order valence-electron chi connectivity index (χ2n) is 5.19. The predicted octanol–water partition coefficient (Wildman–Crippen LogP) is 4.51. The zero-order chi connectivity index (χ0) is 17.4. The third kappa shape index (κ3) is 6.29. The molecule has 24 heavy (non-hydrogen) atoms. The molecule has 0 atom stereocenters. The lowest BCUT2D eigenvalue weighted by molar-refractivity contribution is -0.274. The molecule has 1 aromatic carbocycles. The Balaban J connectivity index is 1.96. The molecule has 0 saturated heterocycles. The molecular weight excluding hydrogens is 317 g/mol. The zero-order valence-corrected chi connectivity index (χ0v) is 13.2. The van der Waals surface area contributed by atoms with Gasteiger partial charge in [0.1, 0.15) is 5.75 Å². The molecule has 3 nitrogen and oxygen atoms in total. The highest BCUT2D eigenvalue weighted by atomic mass is 19.4. The molecule has 2 aromatic rings. The first-order chi connectivity index (χ1) is 11.5. The van der Waals surface area contributed by atoms with Crippen LogP contribution in [0.1, 0.15) is 43.1 Å². The fraction of sp³-hybridized carbons (Fsp3) is 0.333. The van der Waals surface area contributed by atoms with Gasteiger partial charge in [0, 0.05) is 18.0 Å². The molecule has 1 heterocycles. The van der Waals surface area contributed by atoms with Crippen LogP contribution < -0.4 is 4.74 Å². The minimum atomic E-state index is -4.69. The molecule has 6 heteroatoms. The number of aromatic nitrogens is 2. The summed E-state index contributed by atoms with van der Waals surface area (Å²) in [5, 5.41) is 0. The molecule has 0 fully saturated rings. The van der Waals surface area contributed by atoms with Gasteiger partial charge in [-0.25, -0.2) is 9.97 Å². The van der Waals surface area contributed by atoms with Gasteiger partial charge in [-0.2, -0.15) is 0 Å². The lowest BCUT2D eigenvalue weighted by Gasteiger charge is -2.07. The van der Waals surface area contributed by atoms with Crippen molar-refractivity contribution in [2.75, 3.05) is 0 Å². The fourth-order valence-corrected chi connectivity index (χ4v) is 2.00. The number of aryl methyl sites for hydroxylation is 1. The quantitative estimate of drug-likeness (QED) is 0.596. The molecular formula is C18H17F3N2O. The van der Waals surface area contributed by atoms with Crippen molar-refractivity contribution in [2.24, 2.45) is 0 Å². The lowest BCUT2D eigenvalue weighted by atomic mass is 10.1. The third-order valence-corrected chi connectivity index (χ3v) is 3.18. The van der Waals surface area contributed by atoms with Crippen LogP contribution >= 0.6 is 0 Å². The standard InChI is InChI=1S/C18H17F3N2O/c1-2-3-4-5-15-12-22-17(23-13-15)11-8-14-6-9-16(10-7-14)24-18(19,20)21/h6-7,9-10,12-13H,2-5H2,1H3. The van der Waals surface area contributed by atoms with Crippen LogP contribution in [0, 0.1) is 11.8 Å². The molecule has 0 spiro atoms. The van der Waals surface area contributed by atoms with Crippen LogP contribution in [0.4, 0.5) is 13.2 Å². The summed E-state index contributed by atoms with van der Waals surface area (Å²) in [6, 6.07) is 5.34. The topological polar surface area (TPSA) is 35.0 Å². The highest BCUT2D eigenvalue weighted by molar-refractivity contribution is 5.41. The molecule has 0 aliphatic rings. The SMILES string of the molecule is CCCCCc1cnc(C#Cc2ccc(OC(F)(F)F)cc2)nc1. The monoisotopic (exact) mass is 334 g/mol. The minimum Gasteiger partial charge on any atom is -0.406 e. The Morgan fingerprint density at radius 2 is 1.67 bits per heavy atom. The molecule has 126 valence electrons. The van der Waals surface area contributed by atoms with E-state index in [4.69, 9.17) is 0 Å². The molecule has 0 amide bonds. The summed E-state index contributed by atoms with van der Waals surface area (Å²) in [5.41, 5.74) is 1.63. The Bertz CT molecular complexity index is 698. The first-order valence-electron chi connectivity index (χ1n) is 7.65. The fourth-order valence-electron chi connectivity index (χ4n) is 2.00. The Hall–Kier alpha value is -2.55. The smallest absolute Gasteiger partial charge is 0.406 e. The summed E-state index contributed by atoms with van der Waals surface area (Å²) in [4.78, 5) is 8.36. The van der Waals surface area contributed by atoms with E-state index in [0.717, 1.165) is 24.8 Å². The lowest BCUT2D eigenvalue weighted by Crippen LogP contribution is -2.16. The van der Waals surface area contributed by atoms with Crippen LogP contribution in [0.3, 0.4) is 0 Å². The molecule has 2 rings (SSSR count). The van der Waals surface area contributed by atoms with Crippen LogP contribution in [-0.2, 0) is 6.42 Å². The Labute approximate surface area is 138 Å². The zero-order valence-electron chi connectivity index (χ0n) is 13.2. The van der Waals surface area contributed by atoms with Gasteiger partial charge in [0.05, 0.1) is 0 Å². The van der Waals surface area contributed by atoms with Gasteiger partial charge in [0.2, 0.25) is 5.82 Å². The average molecular weight is 334 g/mol. The van der Waals surface area contributed by atoms with Gasteiger partial charge in [-0.1, -0.05) is 25.7 Å². The maximum atomic E-state index is 12.1. The second kappa shape index (κ2) is 8.34. The molecule has 0 saturated carbocycles. The van der Waals surface area contributed by atoms with Crippen molar-refractivity contribution in [2.45, 2.75) is 39.0 Å². The summed E-state index contributed by atoms with van der Waals surface area (Å²) in [6.45, 7) is 2.15. The average Bonchev–Trinajstić information content (AvgIpc) is 2.54. The number of halogens is 3. The van der Waals surface area contributed by atoms with E-state index >= 15 is 0 Å². The van der Waals surface area contributed by atoms with Gasteiger partial charge in [-0.15, -0.1) is 13.2 Å². The number of unbranched alkanes of at least 4 members (excludes halogenated alkanes) is 2. The van der Waals surface area contributed by atoms with Crippen molar-refractivity contribution in [3.05, 3.63) is 53.6 Å². The highest BCUT2D eigenvalue weighted by Gasteiger charge is 2.30. The number of hydrogen-bond acceptors (Lipinski definition) is 3. The maximum Gasteiger partial charge on any atom is 0.573 e. The number of rotatable bonds is 5. The van der Waals surface area contributed by atoms with Crippen molar-refractivity contribution in [1.29, 1.82) is 0 Å². The Kier molecular flexibility index (Phi) is 6.19. The molecule has 0 aliphatic carbocycles. The van der Waals surface area contributed by atoms with E-state index < -0.39 is 6.36 Å². The van der Waals surface area contributed by atoms with E-state index in [-0.39, 0.29) is 5.75 Å². The number of hydrogen-bond donors (Lipinski definition) is 0.